The first-order valence-electron chi connectivity index (χ1n) is 4.94. The maximum atomic E-state index is 5.35. The molecule has 1 atom stereocenters. The lowest BCUT2D eigenvalue weighted by atomic mass is 9.90. The van der Waals surface area contributed by atoms with Crippen LogP contribution >= 0.6 is 0 Å². The SMILES string of the molecule is CCC(CC)CC1CCOC1. The zero-order chi connectivity index (χ0) is 8.10. The van der Waals surface area contributed by atoms with Crippen LogP contribution in [0.3, 0.4) is 0 Å². The minimum atomic E-state index is 0.875. The fourth-order valence-electron chi connectivity index (χ4n) is 1.86. The molecule has 1 aliphatic heterocycles. The fourth-order valence-corrected chi connectivity index (χ4v) is 1.86. The Morgan fingerprint density at radius 3 is 2.55 bits per heavy atom. The van der Waals surface area contributed by atoms with Crippen molar-refractivity contribution < 1.29 is 4.74 Å². The lowest BCUT2D eigenvalue weighted by Gasteiger charge is -2.15. The number of ether oxygens (including phenoxy) is 1. The van der Waals surface area contributed by atoms with E-state index in [1.807, 2.05) is 0 Å². The van der Waals surface area contributed by atoms with Crippen LogP contribution in [0.4, 0.5) is 0 Å². The van der Waals surface area contributed by atoms with Gasteiger partial charge in [0.2, 0.25) is 0 Å². The average molecular weight is 156 g/mol. The van der Waals surface area contributed by atoms with Crippen LogP contribution in [0, 0.1) is 11.8 Å². The lowest BCUT2D eigenvalue weighted by molar-refractivity contribution is 0.179. The molecule has 1 heterocycles. The van der Waals surface area contributed by atoms with Crippen LogP contribution < -0.4 is 0 Å². The van der Waals surface area contributed by atoms with Gasteiger partial charge in [0.1, 0.15) is 0 Å². The lowest BCUT2D eigenvalue weighted by Crippen LogP contribution is -2.07. The van der Waals surface area contributed by atoms with Crippen molar-refractivity contribution in [3.63, 3.8) is 0 Å². The Bertz CT molecular complexity index is 91.0. The standard InChI is InChI=1S/C10H20O/c1-3-9(4-2)7-10-5-6-11-8-10/h9-10H,3-8H2,1-2H3. The van der Waals surface area contributed by atoms with E-state index in [0.717, 1.165) is 25.0 Å². The van der Waals surface area contributed by atoms with Crippen LogP contribution in [0.15, 0.2) is 0 Å². The third-order valence-corrected chi connectivity index (χ3v) is 2.85. The minimum absolute atomic E-state index is 0.875. The molecule has 1 rings (SSSR count). The topological polar surface area (TPSA) is 9.23 Å². The number of rotatable bonds is 4. The Balaban J connectivity index is 2.16. The van der Waals surface area contributed by atoms with Crippen LogP contribution in [-0.4, -0.2) is 13.2 Å². The Kier molecular flexibility index (Phi) is 3.92. The molecule has 0 bridgehead atoms. The van der Waals surface area contributed by atoms with E-state index >= 15 is 0 Å². The molecule has 1 saturated heterocycles. The average Bonchev–Trinajstić information content (AvgIpc) is 2.52. The quantitative estimate of drug-likeness (QED) is 0.608. The van der Waals surface area contributed by atoms with Crippen LogP contribution in [0.5, 0.6) is 0 Å². The Hall–Kier alpha value is -0.0400. The Morgan fingerprint density at radius 2 is 2.09 bits per heavy atom. The van der Waals surface area contributed by atoms with Crippen LogP contribution in [0.25, 0.3) is 0 Å². The summed E-state index contributed by atoms with van der Waals surface area (Å²) in [6, 6.07) is 0. The van der Waals surface area contributed by atoms with Gasteiger partial charge in [-0.2, -0.15) is 0 Å². The summed E-state index contributed by atoms with van der Waals surface area (Å²) in [6.45, 7) is 6.62. The van der Waals surface area contributed by atoms with Gasteiger partial charge in [0.15, 0.2) is 0 Å². The molecule has 0 aromatic rings. The predicted octanol–water partition coefficient (Wildman–Crippen LogP) is 2.85. The van der Waals surface area contributed by atoms with Gasteiger partial charge in [-0.25, -0.2) is 0 Å². The maximum Gasteiger partial charge on any atom is 0.0495 e. The largest absolute Gasteiger partial charge is 0.381 e. The first kappa shape index (κ1) is 9.05. The van der Waals surface area contributed by atoms with Gasteiger partial charge in [0.05, 0.1) is 0 Å². The third kappa shape index (κ3) is 2.82. The number of hydrogen-bond donors (Lipinski definition) is 0. The highest BCUT2D eigenvalue weighted by Gasteiger charge is 2.18. The van der Waals surface area contributed by atoms with Crippen molar-refractivity contribution in [3.05, 3.63) is 0 Å². The summed E-state index contributed by atoms with van der Waals surface area (Å²) < 4.78 is 5.35. The van der Waals surface area contributed by atoms with Gasteiger partial charge in [0, 0.05) is 13.2 Å². The third-order valence-electron chi connectivity index (χ3n) is 2.85. The first-order chi connectivity index (χ1) is 5.36. The van der Waals surface area contributed by atoms with Crippen molar-refractivity contribution in [2.45, 2.75) is 39.5 Å². The van der Waals surface area contributed by atoms with Crippen molar-refractivity contribution >= 4 is 0 Å². The second-order valence-corrected chi connectivity index (χ2v) is 3.65. The molecule has 0 aromatic carbocycles. The highest BCUT2D eigenvalue weighted by atomic mass is 16.5. The van der Waals surface area contributed by atoms with Crippen molar-refractivity contribution in [2.24, 2.45) is 11.8 Å². The molecule has 0 N–H and O–H groups in total. The molecule has 0 aliphatic carbocycles. The van der Waals surface area contributed by atoms with E-state index < -0.39 is 0 Å². The Morgan fingerprint density at radius 1 is 1.36 bits per heavy atom. The molecule has 1 aliphatic rings. The molecular weight excluding hydrogens is 136 g/mol. The molecule has 0 spiro atoms. The fraction of sp³-hybridized carbons (Fsp3) is 1.00. The predicted molar refractivity (Wildman–Crippen MR) is 47.6 cm³/mol. The Labute approximate surface area is 70.1 Å². The first-order valence-corrected chi connectivity index (χ1v) is 4.94. The van der Waals surface area contributed by atoms with E-state index in [4.69, 9.17) is 4.74 Å². The van der Waals surface area contributed by atoms with Crippen LogP contribution in [0.2, 0.25) is 0 Å². The summed E-state index contributed by atoms with van der Waals surface area (Å²) in [7, 11) is 0. The molecule has 1 fully saturated rings. The van der Waals surface area contributed by atoms with E-state index in [1.165, 1.54) is 25.7 Å². The van der Waals surface area contributed by atoms with E-state index in [0.29, 0.717) is 0 Å². The zero-order valence-electron chi connectivity index (χ0n) is 7.81. The summed E-state index contributed by atoms with van der Waals surface area (Å²) in [6.07, 6.45) is 5.38. The van der Waals surface area contributed by atoms with Gasteiger partial charge in [-0.3, -0.25) is 0 Å². The van der Waals surface area contributed by atoms with Crippen LogP contribution in [-0.2, 0) is 4.74 Å². The molecule has 11 heavy (non-hydrogen) atoms. The normalized spacial score (nSPS) is 24.8. The van der Waals surface area contributed by atoms with Crippen molar-refractivity contribution in [3.8, 4) is 0 Å². The molecule has 1 heteroatoms. The van der Waals surface area contributed by atoms with Crippen molar-refractivity contribution in [1.29, 1.82) is 0 Å². The molecule has 1 unspecified atom stereocenters. The summed E-state index contributed by atoms with van der Waals surface area (Å²) in [5, 5.41) is 0. The van der Waals surface area contributed by atoms with Gasteiger partial charge in [-0.05, 0) is 24.7 Å². The van der Waals surface area contributed by atoms with Crippen molar-refractivity contribution in [1.82, 2.24) is 0 Å². The highest BCUT2D eigenvalue weighted by Crippen LogP contribution is 2.24. The molecule has 0 radical (unpaired) electrons. The maximum absolute atomic E-state index is 5.35. The van der Waals surface area contributed by atoms with Gasteiger partial charge >= 0.3 is 0 Å². The van der Waals surface area contributed by atoms with E-state index in [-0.39, 0.29) is 0 Å². The second kappa shape index (κ2) is 4.76. The van der Waals surface area contributed by atoms with Crippen molar-refractivity contribution in [2.75, 3.05) is 13.2 Å². The van der Waals surface area contributed by atoms with Gasteiger partial charge in [-0.15, -0.1) is 0 Å². The molecule has 0 aromatic heterocycles. The minimum Gasteiger partial charge on any atom is -0.381 e. The van der Waals surface area contributed by atoms with E-state index in [2.05, 4.69) is 13.8 Å². The summed E-state index contributed by atoms with van der Waals surface area (Å²) in [5.74, 6) is 1.82. The van der Waals surface area contributed by atoms with Gasteiger partial charge in [0.25, 0.3) is 0 Å². The summed E-state index contributed by atoms with van der Waals surface area (Å²) in [5.41, 5.74) is 0. The van der Waals surface area contributed by atoms with Crippen LogP contribution in [0.1, 0.15) is 39.5 Å². The van der Waals surface area contributed by atoms with E-state index in [9.17, 15) is 0 Å². The molecule has 66 valence electrons. The summed E-state index contributed by atoms with van der Waals surface area (Å²) >= 11 is 0. The second-order valence-electron chi connectivity index (χ2n) is 3.65. The number of hydrogen-bond acceptors (Lipinski definition) is 1. The van der Waals surface area contributed by atoms with E-state index in [1.54, 1.807) is 0 Å². The summed E-state index contributed by atoms with van der Waals surface area (Å²) in [4.78, 5) is 0. The highest BCUT2D eigenvalue weighted by molar-refractivity contribution is 4.68. The molecule has 1 nitrogen and oxygen atoms in total. The zero-order valence-corrected chi connectivity index (χ0v) is 7.81. The monoisotopic (exact) mass is 156 g/mol. The smallest absolute Gasteiger partial charge is 0.0495 e. The molecular formula is C10H20O. The molecule has 0 amide bonds. The van der Waals surface area contributed by atoms with Gasteiger partial charge in [-0.1, -0.05) is 26.7 Å². The van der Waals surface area contributed by atoms with Gasteiger partial charge < -0.3 is 4.74 Å². The molecule has 0 saturated carbocycles.